The first-order valence-electron chi connectivity index (χ1n) is 5.24. The Kier molecular flexibility index (Phi) is 2.88. The second-order valence-corrected chi connectivity index (χ2v) is 6.44. The van der Waals surface area contributed by atoms with Gasteiger partial charge in [-0.15, -0.1) is 0 Å². The van der Waals surface area contributed by atoms with Gasteiger partial charge in [0.05, 0.1) is 24.6 Å². The molecule has 0 aromatic heterocycles. The van der Waals surface area contributed by atoms with Crippen molar-refractivity contribution in [2.45, 2.75) is 18.9 Å². The molecule has 2 saturated heterocycles. The molecule has 0 radical (unpaired) electrons. The Bertz CT molecular complexity index is 417. The van der Waals surface area contributed by atoms with E-state index in [-0.39, 0.29) is 42.5 Å². The van der Waals surface area contributed by atoms with Crippen LogP contribution < -0.4 is 5.32 Å². The van der Waals surface area contributed by atoms with E-state index >= 15 is 0 Å². The molecular weight excluding hydrogens is 232 g/mol. The average Bonchev–Trinajstić information content (AvgIpc) is 2.20. The van der Waals surface area contributed by atoms with Crippen molar-refractivity contribution >= 4 is 21.7 Å². The van der Waals surface area contributed by atoms with Crippen LogP contribution in [-0.4, -0.2) is 55.8 Å². The van der Waals surface area contributed by atoms with Gasteiger partial charge in [0.25, 0.3) is 0 Å². The summed E-state index contributed by atoms with van der Waals surface area (Å²) in [5.74, 6) is -0.228. The number of piperazine rings is 1. The summed E-state index contributed by atoms with van der Waals surface area (Å²) in [5, 5.41) is 2.44. The highest BCUT2D eigenvalue weighted by atomic mass is 32.2. The Hall–Kier alpha value is -1.11. The largest absolute Gasteiger partial charge is 0.345 e. The van der Waals surface area contributed by atoms with Gasteiger partial charge >= 0.3 is 0 Å². The Morgan fingerprint density at radius 1 is 1.31 bits per heavy atom. The second kappa shape index (κ2) is 4.04. The summed E-state index contributed by atoms with van der Waals surface area (Å²) in [7, 11) is -3.05. The molecule has 16 heavy (non-hydrogen) atoms. The first-order valence-corrected chi connectivity index (χ1v) is 7.07. The molecule has 6 nitrogen and oxygen atoms in total. The molecule has 0 saturated carbocycles. The standard InChI is InChI=1S/C9H14N2O4S/c12-8-5-11(9(13)4-10-8)7-2-1-3-16(14,15)6-7/h7H,1-6H2,(H,10,12). The molecule has 1 atom stereocenters. The van der Waals surface area contributed by atoms with Crippen molar-refractivity contribution in [3.8, 4) is 0 Å². The molecular formula is C9H14N2O4S. The van der Waals surface area contributed by atoms with Gasteiger partial charge in [-0.05, 0) is 12.8 Å². The van der Waals surface area contributed by atoms with Crippen molar-refractivity contribution in [1.82, 2.24) is 10.2 Å². The van der Waals surface area contributed by atoms with E-state index in [4.69, 9.17) is 0 Å². The molecule has 2 aliphatic rings. The lowest BCUT2D eigenvalue weighted by Crippen LogP contribution is -2.57. The predicted octanol–water partition coefficient (Wildman–Crippen LogP) is -1.48. The normalized spacial score (nSPS) is 30.0. The highest BCUT2D eigenvalue weighted by Crippen LogP contribution is 2.18. The van der Waals surface area contributed by atoms with E-state index in [0.717, 1.165) is 0 Å². The van der Waals surface area contributed by atoms with Crippen molar-refractivity contribution < 1.29 is 18.0 Å². The van der Waals surface area contributed by atoms with Crippen LogP contribution in [0.3, 0.4) is 0 Å². The van der Waals surface area contributed by atoms with Crippen molar-refractivity contribution in [2.24, 2.45) is 0 Å². The van der Waals surface area contributed by atoms with Gasteiger partial charge in [0.2, 0.25) is 11.8 Å². The van der Waals surface area contributed by atoms with Crippen LogP contribution in [0.1, 0.15) is 12.8 Å². The fourth-order valence-electron chi connectivity index (χ4n) is 2.15. The van der Waals surface area contributed by atoms with E-state index < -0.39 is 9.84 Å². The number of hydrogen-bond donors (Lipinski definition) is 1. The smallest absolute Gasteiger partial charge is 0.242 e. The van der Waals surface area contributed by atoms with Crippen molar-refractivity contribution in [3.05, 3.63) is 0 Å². The van der Waals surface area contributed by atoms with Crippen LogP contribution in [-0.2, 0) is 19.4 Å². The van der Waals surface area contributed by atoms with Crippen LogP contribution in [0.5, 0.6) is 0 Å². The number of hydrogen-bond acceptors (Lipinski definition) is 4. The van der Waals surface area contributed by atoms with Gasteiger partial charge in [-0.25, -0.2) is 8.42 Å². The number of amides is 2. The third-order valence-corrected chi connectivity index (χ3v) is 4.75. The monoisotopic (exact) mass is 246 g/mol. The number of carbonyl (C=O) groups excluding carboxylic acids is 2. The molecule has 0 spiro atoms. The highest BCUT2D eigenvalue weighted by Gasteiger charge is 2.34. The SMILES string of the molecule is O=C1CN(C2CCCS(=O)(=O)C2)C(=O)CN1. The van der Waals surface area contributed by atoms with Gasteiger partial charge < -0.3 is 10.2 Å². The van der Waals surface area contributed by atoms with E-state index in [2.05, 4.69) is 5.32 Å². The first kappa shape index (κ1) is 11.4. The summed E-state index contributed by atoms with van der Waals surface area (Å²) < 4.78 is 22.9. The van der Waals surface area contributed by atoms with Crippen LogP contribution in [0.2, 0.25) is 0 Å². The number of rotatable bonds is 1. The zero-order valence-corrected chi connectivity index (χ0v) is 9.62. The summed E-state index contributed by atoms with van der Waals surface area (Å²) in [5.41, 5.74) is 0. The molecule has 0 aromatic rings. The van der Waals surface area contributed by atoms with E-state index in [1.807, 2.05) is 0 Å². The van der Waals surface area contributed by atoms with Crippen LogP contribution in [0.25, 0.3) is 0 Å². The fourth-order valence-corrected chi connectivity index (χ4v) is 3.86. The second-order valence-electron chi connectivity index (χ2n) is 4.21. The molecule has 1 unspecified atom stereocenters. The van der Waals surface area contributed by atoms with Crippen LogP contribution >= 0.6 is 0 Å². The molecule has 0 aliphatic carbocycles. The minimum Gasteiger partial charge on any atom is -0.345 e. The fraction of sp³-hybridized carbons (Fsp3) is 0.778. The number of carbonyl (C=O) groups is 2. The maximum absolute atomic E-state index is 11.6. The lowest BCUT2D eigenvalue weighted by molar-refractivity contribution is -0.142. The van der Waals surface area contributed by atoms with Gasteiger partial charge in [0, 0.05) is 6.04 Å². The molecule has 1 N–H and O–H groups in total. The van der Waals surface area contributed by atoms with Crippen molar-refractivity contribution in [1.29, 1.82) is 0 Å². The van der Waals surface area contributed by atoms with E-state index in [1.54, 1.807) is 0 Å². The lowest BCUT2D eigenvalue weighted by Gasteiger charge is -2.36. The van der Waals surface area contributed by atoms with Gasteiger partial charge in [-0.1, -0.05) is 0 Å². The minimum atomic E-state index is -3.05. The zero-order valence-electron chi connectivity index (χ0n) is 8.81. The summed E-state index contributed by atoms with van der Waals surface area (Å²) in [6.45, 7) is -0.0333. The average molecular weight is 246 g/mol. The van der Waals surface area contributed by atoms with Crippen molar-refractivity contribution in [2.75, 3.05) is 24.6 Å². The summed E-state index contributed by atoms with van der Waals surface area (Å²) in [6.07, 6.45) is 1.23. The molecule has 90 valence electrons. The molecule has 2 aliphatic heterocycles. The summed E-state index contributed by atoms with van der Waals surface area (Å²) >= 11 is 0. The van der Waals surface area contributed by atoms with E-state index in [9.17, 15) is 18.0 Å². The van der Waals surface area contributed by atoms with Gasteiger partial charge in [-0.3, -0.25) is 9.59 Å². The molecule has 0 bridgehead atoms. The Morgan fingerprint density at radius 3 is 2.75 bits per heavy atom. The van der Waals surface area contributed by atoms with Crippen LogP contribution in [0.15, 0.2) is 0 Å². The number of nitrogens with zero attached hydrogens (tertiary/aromatic N) is 1. The van der Waals surface area contributed by atoms with E-state index in [0.29, 0.717) is 12.8 Å². The Balaban J connectivity index is 2.11. The van der Waals surface area contributed by atoms with Crippen molar-refractivity contribution in [3.63, 3.8) is 0 Å². The third-order valence-electron chi connectivity index (χ3n) is 2.95. The quantitative estimate of drug-likeness (QED) is 0.612. The lowest BCUT2D eigenvalue weighted by atomic mass is 10.1. The molecule has 2 fully saturated rings. The maximum atomic E-state index is 11.6. The van der Waals surface area contributed by atoms with Crippen LogP contribution in [0, 0.1) is 0 Å². The molecule has 2 heterocycles. The molecule has 7 heteroatoms. The molecule has 2 amide bonds. The van der Waals surface area contributed by atoms with Gasteiger partial charge in [0.15, 0.2) is 9.84 Å². The van der Waals surface area contributed by atoms with Gasteiger partial charge in [0.1, 0.15) is 0 Å². The predicted molar refractivity (Wildman–Crippen MR) is 56.4 cm³/mol. The maximum Gasteiger partial charge on any atom is 0.242 e. The minimum absolute atomic E-state index is 0.00792. The first-order chi connectivity index (χ1) is 7.48. The third kappa shape index (κ3) is 2.34. The van der Waals surface area contributed by atoms with Gasteiger partial charge in [-0.2, -0.15) is 0 Å². The van der Waals surface area contributed by atoms with E-state index in [1.165, 1.54) is 4.90 Å². The summed E-state index contributed by atoms with van der Waals surface area (Å²) in [4.78, 5) is 24.1. The summed E-state index contributed by atoms with van der Waals surface area (Å²) in [6, 6.07) is -0.322. The highest BCUT2D eigenvalue weighted by molar-refractivity contribution is 7.91. The number of nitrogens with one attached hydrogen (secondary N) is 1. The topological polar surface area (TPSA) is 83.6 Å². The Morgan fingerprint density at radius 2 is 2.06 bits per heavy atom. The number of sulfone groups is 1. The zero-order chi connectivity index (χ0) is 11.8. The Labute approximate surface area is 93.9 Å². The van der Waals surface area contributed by atoms with Crippen LogP contribution in [0.4, 0.5) is 0 Å². The molecule has 0 aromatic carbocycles. The molecule has 2 rings (SSSR count).